The van der Waals surface area contributed by atoms with Crippen molar-refractivity contribution in [1.29, 1.82) is 10.5 Å². The molecule has 13 aromatic carbocycles. The second kappa shape index (κ2) is 17.1. The molecule has 6 nitrogen and oxygen atoms in total. The molecule has 18 rings (SSSR count). The van der Waals surface area contributed by atoms with E-state index in [-0.39, 0.29) is 0 Å². The van der Waals surface area contributed by atoms with Crippen molar-refractivity contribution >= 4 is 140 Å². The molecule has 0 atom stereocenters. The summed E-state index contributed by atoms with van der Waals surface area (Å²) >= 11 is 1.79. The van der Waals surface area contributed by atoms with Crippen LogP contribution in [-0.2, 0) is 0 Å². The topological polar surface area (TPSA) is 67.3 Å². The lowest BCUT2D eigenvalue weighted by molar-refractivity contribution is 1.02. The lowest BCUT2D eigenvalue weighted by atomic mass is 9.92. The van der Waals surface area contributed by atoms with Crippen molar-refractivity contribution < 1.29 is 0 Å². The first-order valence-electron chi connectivity index (χ1n) is 28.0. The second-order valence-corrected chi connectivity index (χ2v) is 22.7. The van der Waals surface area contributed by atoms with Crippen molar-refractivity contribution in [3.8, 4) is 46.0 Å². The predicted octanol–water partition coefficient (Wildman–Crippen LogP) is 20.2. The third-order valence-corrected chi connectivity index (χ3v) is 18.8. The Kier molecular flexibility index (Phi) is 9.42. The third kappa shape index (κ3) is 6.07. The van der Waals surface area contributed by atoms with E-state index in [1.165, 1.54) is 26.2 Å². The Balaban J connectivity index is 1.15. The lowest BCUT2D eigenvalue weighted by Crippen LogP contribution is -2.17. The van der Waals surface area contributed by atoms with Gasteiger partial charge in [-0.25, -0.2) is 0 Å². The lowest BCUT2D eigenvalue weighted by Gasteiger charge is -2.27. The van der Waals surface area contributed by atoms with Gasteiger partial charge in [0, 0.05) is 58.6 Å². The summed E-state index contributed by atoms with van der Waals surface area (Å²) in [5, 5.41) is 41.0. The average molecular weight is 1070 g/mol. The van der Waals surface area contributed by atoms with E-state index in [9.17, 15) is 10.5 Å². The fourth-order valence-corrected chi connectivity index (χ4v) is 15.6. The maximum absolute atomic E-state index is 12.8. The summed E-state index contributed by atoms with van der Waals surface area (Å²) in [7, 11) is 0. The van der Waals surface area contributed by atoms with Crippen molar-refractivity contribution in [2.75, 3.05) is 0 Å². The number of benzene rings is 13. The Morgan fingerprint density at radius 2 is 0.663 bits per heavy atom. The summed E-state index contributed by atoms with van der Waals surface area (Å²) in [4.78, 5) is 0. The first-order valence-corrected chi connectivity index (χ1v) is 28.8. The van der Waals surface area contributed by atoms with Crippen LogP contribution in [0, 0.1) is 22.7 Å². The molecule has 382 valence electrons. The zero-order valence-electron chi connectivity index (χ0n) is 44.3. The number of para-hydroxylation sites is 6. The smallest absolute Gasteiger partial charge is 0.104 e. The molecule has 5 aromatic heterocycles. The number of aromatic nitrogens is 4. The Morgan fingerprint density at radius 1 is 0.265 bits per heavy atom. The van der Waals surface area contributed by atoms with E-state index in [0.29, 0.717) is 33.9 Å². The van der Waals surface area contributed by atoms with Crippen molar-refractivity contribution in [3.05, 3.63) is 266 Å². The number of hydrogen-bond donors (Lipinski definition) is 0. The van der Waals surface area contributed by atoms with Crippen LogP contribution in [0.1, 0.15) is 11.1 Å². The Labute approximate surface area is 478 Å². The van der Waals surface area contributed by atoms with Crippen LogP contribution in [0.15, 0.2) is 255 Å². The summed E-state index contributed by atoms with van der Waals surface area (Å²) in [5.74, 6) is 0. The van der Waals surface area contributed by atoms with Gasteiger partial charge in [-0.1, -0.05) is 206 Å². The van der Waals surface area contributed by atoms with Crippen LogP contribution in [0.2, 0.25) is 0 Å². The monoisotopic (exact) mass is 1070 g/mol. The minimum atomic E-state index is 0.370. The van der Waals surface area contributed by atoms with Crippen molar-refractivity contribution in [1.82, 2.24) is 18.3 Å². The largest absolute Gasteiger partial charge is 0.306 e. The predicted molar refractivity (Wildman–Crippen MR) is 347 cm³/mol. The van der Waals surface area contributed by atoms with Crippen LogP contribution in [0.5, 0.6) is 0 Å². The van der Waals surface area contributed by atoms with E-state index in [4.69, 9.17) is 0 Å². The highest BCUT2D eigenvalue weighted by Gasteiger charge is 2.35. The van der Waals surface area contributed by atoms with Crippen LogP contribution in [0.4, 0.5) is 0 Å². The summed E-state index contributed by atoms with van der Waals surface area (Å²) in [6.07, 6.45) is 0. The van der Waals surface area contributed by atoms with E-state index in [1.807, 2.05) is 0 Å². The molecule has 0 fully saturated rings. The first kappa shape index (κ1) is 45.6. The zero-order chi connectivity index (χ0) is 54.6. The molecule has 0 aliphatic carbocycles. The van der Waals surface area contributed by atoms with Crippen LogP contribution >= 0.6 is 11.3 Å². The minimum absolute atomic E-state index is 0.370. The Bertz CT molecular complexity index is 5670. The standard InChI is InChI=1S/C76H42N6S/c77-43-60-71(79-62-31-10-3-21-50(62)51-22-4-11-32-63(51)79)61(44-78)73(81-66-35-14-7-25-54(66)55-26-8-15-36-67(55)81)75(72(60)80-64-33-12-5-23-52(64)53-24-6-13-34-65(53)80)82-68-37-18-30-57(48-29-17-28-47-46-20-2-1-19-45(46)39-40-49(47)48)70(68)59-42-41-58-56-27-9-16-38-69(56)83-76(58)74(59)82/h1-42H. The van der Waals surface area contributed by atoms with Gasteiger partial charge in [0.25, 0.3) is 0 Å². The second-order valence-electron chi connectivity index (χ2n) is 21.6. The van der Waals surface area contributed by atoms with E-state index in [0.717, 1.165) is 114 Å². The highest BCUT2D eigenvalue weighted by molar-refractivity contribution is 7.26. The van der Waals surface area contributed by atoms with Gasteiger partial charge >= 0.3 is 0 Å². The first-order chi connectivity index (χ1) is 41.2. The average Bonchev–Trinajstić information content (AvgIpc) is 1.84. The van der Waals surface area contributed by atoms with E-state index < -0.39 is 0 Å². The minimum Gasteiger partial charge on any atom is -0.306 e. The molecule has 0 spiro atoms. The van der Waals surface area contributed by atoms with Crippen LogP contribution < -0.4 is 0 Å². The van der Waals surface area contributed by atoms with Crippen molar-refractivity contribution in [2.24, 2.45) is 0 Å². The number of thiophene rings is 1. The number of hydrogen-bond acceptors (Lipinski definition) is 3. The van der Waals surface area contributed by atoms with Crippen molar-refractivity contribution in [2.45, 2.75) is 0 Å². The zero-order valence-corrected chi connectivity index (χ0v) is 45.2. The number of rotatable bonds is 5. The van der Waals surface area contributed by atoms with Gasteiger partial charge in [-0.3, -0.25) is 0 Å². The summed E-state index contributed by atoms with van der Waals surface area (Å²) in [5.41, 5.74) is 13.0. The summed E-state index contributed by atoms with van der Waals surface area (Å²) in [6.45, 7) is 0. The van der Waals surface area contributed by atoms with Gasteiger partial charge < -0.3 is 18.3 Å². The molecule has 0 aliphatic heterocycles. The highest BCUT2D eigenvalue weighted by Crippen LogP contribution is 2.52. The van der Waals surface area contributed by atoms with Crippen LogP contribution in [0.3, 0.4) is 0 Å². The fraction of sp³-hybridized carbons (Fsp3) is 0. The molecule has 18 aromatic rings. The van der Waals surface area contributed by atoms with Gasteiger partial charge in [-0.15, -0.1) is 11.3 Å². The molecule has 0 aliphatic rings. The third-order valence-electron chi connectivity index (χ3n) is 17.6. The normalized spacial score (nSPS) is 12.1. The van der Waals surface area contributed by atoms with Crippen molar-refractivity contribution in [3.63, 3.8) is 0 Å². The molecule has 5 heterocycles. The van der Waals surface area contributed by atoms with Crippen LogP contribution in [0.25, 0.3) is 163 Å². The number of nitrogens with zero attached hydrogens (tertiary/aromatic N) is 6. The molecule has 7 heteroatoms. The van der Waals surface area contributed by atoms with Gasteiger partial charge in [-0.05, 0) is 81.2 Å². The molecular formula is C76H42N6S. The summed E-state index contributed by atoms with van der Waals surface area (Å²) in [6, 6.07) is 96.8. The SMILES string of the molecule is N#Cc1c(-n2c3ccccc3c3ccccc32)c(C#N)c(-n2c3ccccc3c3ccccc32)c(-n2c3cccc(-c4cccc5c4ccc4ccccc45)c3c3ccc4c5ccccc5sc4c32)c1-n1c2ccccc2c2ccccc21. The maximum atomic E-state index is 12.8. The molecule has 0 N–H and O–H groups in total. The highest BCUT2D eigenvalue weighted by atomic mass is 32.1. The Morgan fingerprint density at radius 3 is 1.19 bits per heavy atom. The Hall–Kier alpha value is -11.2. The van der Waals surface area contributed by atoms with E-state index in [2.05, 4.69) is 285 Å². The molecule has 0 saturated heterocycles. The van der Waals surface area contributed by atoms with Gasteiger partial charge in [0.05, 0.1) is 71.6 Å². The number of nitriles is 2. The molecule has 0 bridgehead atoms. The van der Waals surface area contributed by atoms with Gasteiger partial charge in [-0.2, -0.15) is 10.5 Å². The summed E-state index contributed by atoms with van der Waals surface area (Å²) < 4.78 is 11.6. The molecule has 0 unspecified atom stereocenters. The molecule has 0 saturated carbocycles. The fourth-order valence-electron chi connectivity index (χ4n) is 14.3. The quantitative estimate of drug-likeness (QED) is 0.161. The molecule has 83 heavy (non-hydrogen) atoms. The van der Waals surface area contributed by atoms with E-state index >= 15 is 0 Å². The van der Waals surface area contributed by atoms with Gasteiger partial charge in [0.15, 0.2) is 0 Å². The molecule has 0 radical (unpaired) electrons. The number of fused-ring (bicyclic) bond motifs is 19. The molecular weight excluding hydrogens is 1030 g/mol. The van der Waals surface area contributed by atoms with E-state index in [1.54, 1.807) is 11.3 Å². The van der Waals surface area contributed by atoms with Gasteiger partial charge in [0.2, 0.25) is 0 Å². The van der Waals surface area contributed by atoms with Crippen LogP contribution in [-0.4, -0.2) is 18.3 Å². The molecule has 0 amide bonds. The van der Waals surface area contributed by atoms with Gasteiger partial charge in [0.1, 0.15) is 23.3 Å². The maximum Gasteiger partial charge on any atom is 0.104 e.